The monoisotopic (exact) mass is 597 g/mol. The van der Waals surface area contributed by atoms with Crippen LogP contribution in [0.5, 0.6) is 11.6 Å². The predicted octanol–water partition coefficient (Wildman–Crippen LogP) is 7.19. The molecule has 3 aromatic carbocycles. The maximum absolute atomic E-state index is 12.5. The summed E-state index contributed by atoms with van der Waals surface area (Å²) in [5.41, 5.74) is 4.29. The Hall–Kier alpha value is -4.87. The highest BCUT2D eigenvalue weighted by Crippen LogP contribution is 2.40. The van der Waals surface area contributed by atoms with Crippen LogP contribution in [0.1, 0.15) is 65.3 Å². The summed E-state index contributed by atoms with van der Waals surface area (Å²) in [6, 6.07) is 26.1. The zero-order chi connectivity index (χ0) is 30.8. The van der Waals surface area contributed by atoms with Gasteiger partial charge in [0.2, 0.25) is 5.88 Å². The van der Waals surface area contributed by atoms with Crippen LogP contribution in [0.4, 0.5) is 0 Å². The van der Waals surface area contributed by atoms with Gasteiger partial charge in [-0.15, -0.1) is 0 Å². The molecule has 0 aliphatic carbocycles. The van der Waals surface area contributed by atoms with Crippen LogP contribution in [0.3, 0.4) is 0 Å². The lowest BCUT2D eigenvalue weighted by Gasteiger charge is -2.29. The molecule has 0 unspecified atom stereocenters. The van der Waals surface area contributed by atoms with Gasteiger partial charge in [0, 0.05) is 46.4 Å². The number of nitriles is 1. The van der Waals surface area contributed by atoms with E-state index >= 15 is 0 Å². The minimum absolute atomic E-state index is 0.0556. The lowest BCUT2D eigenvalue weighted by molar-refractivity contribution is -0.136. The van der Waals surface area contributed by atoms with Crippen LogP contribution in [0.15, 0.2) is 85.1 Å². The highest BCUT2D eigenvalue weighted by molar-refractivity contribution is 6.30. The van der Waals surface area contributed by atoms with Gasteiger partial charge in [-0.25, -0.2) is 4.98 Å². The van der Waals surface area contributed by atoms with Gasteiger partial charge in [-0.2, -0.15) is 5.26 Å². The van der Waals surface area contributed by atoms with Gasteiger partial charge in [0.15, 0.2) is 0 Å². The van der Waals surface area contributed by atoms with E-state index in [1.165, 1.54) is 0 Å². The Labute approximate surface area is 255 Å². The van der Waals surface area contributed by atoms with Crippen molar-refractivity contribution in [2.24, 2.45) is 0 Å². The number of benzene rings is 3. The van der Waals surface area contributed by atoms with Crippen LogP contribution in [0, 0.1) is 11.3 Å². The van der Waals surface area contributed by atoms with Gasteiger partial charge in [0.25, 0.3) is 5.91 Å². The standard InChI is InChI=1S/C34H32ClN3O5/c1-3-4-29(22-5-7-24(8-6-22)34(41)37-18-17-32(39)40)33(23-9-13-27(35)14-10-23)43-28-15-11-25(20-36)30(19-28)26-12-16-31(42-2)38-21-26/h5-16,19,21,29,33H,3-4,17-18H2,1-2H3,(H,37,41)(H,39,40)/t29-,33+/m1/s1. The number of hydrogen-bond donors (Lipinski definition) is 2. The number of carbonyl (C=O) groups excluding carboxylic acids is 1. The van der Waals surface area contributed by atoms with Gasteiger partial charge in [0.1, 0.15) is 11.9 Å². The third kappa shape index (κ3) is 8.12. The fourth-order valence-electron chi connectivity index (χ4n) is 4.85. The largest absolute Gasteiger partial charge is 0.485 e. The average molecular weight is 598 g/mol. The second-order valence-corrected chi connectivity index (χ2v) is 10.4. The number of ether oxygens (including phenoxy) is 2. The van der Waals surface area contributed by atoms with E-state index in [0.29, 0.717) is 33.3 Å². The molecule has 1 aromatic heterocycles. The molecule has 0 aliphatic rings. The number of halogens is 1. The van der Waals surface area contributed by atoms with E-state index in [2.05, 4.69) is 23.3 Å². The zero-order valence-corrected chi connectivity index (χ0v) is 24.7. The molecule has 0 radical (unpaired) electrons. The molecule has 4 aromatic rings. The van der Waals surface area contributed by atoms with Gasteiger partial charge < -0.3 is 19.9 Å². The van der Waals surface area contributed by atoms with Crippen LogP contribution in [-0.2, 0) is 4.79 Å². The van der Waals surface area contributed by atoms with Gasteiger partial charge in [0.05, 0.1) is 25.2 Å². The number of carboxylic acids is 1. The number of carboxylic acid groups (broad SMARTS) is 1. The number of nitrogens with zero attached hydrogens (tertiary/aromatic N) is 2. The lowest BCUT2D eigenvalue weighted by atomic mass is 9.85. The summed E-state index contributed by atoms with van der Waals surface area (Å²) in [7, 11) is 1.55. The van der Waals surface area contributed by atoms with Crippen molar-refractivity contribution in [2.75, 3.05) is 13.7 Å². The number of aliphatic carboxylic acids is 1. The van der Waals surface area contributed by atoms with Crippen molar-refractivity contribution in [3.05, 3.63) is 112 Å². The number of methoxy groups -OCH3 is 1. The fraction of sp³-hybridized carbons (Fsp3) is 0.235. The third-order valence-corrected chi connectivity index (χ3v) is 7.27. The maximum atomic E-state index is 12.5. The molecule has 1 heterocycles. The number of pyridine rings is 1. The minimum atomic E-state index is -0.971. The van der Waals surface area contributed by atoms with Crippen LogP contribution in [0.2, 0.25) is 5.02 Å². The van der Waals surface area contributed by atoms with Crippen molar-refractivity contribution in [2.45, 2.75) is 38.2 Å². The SMILES string of the molecule is CCC[C@H](c1ccc(C(=O)NCCC(=O)O)cc1)[C@@H](Oc1ccc(C#N)c(-c2ccc(OC)nc2)c1)c1ccc(Cl)cc1. The first kappa shape index (κ1) is 31.1. The van der Waals surface area contributed by atoms with Crippen molar-refractivity contribution in [1.29, 1.82) is 5.26 Å². The van der Waals surface area contributed by atoms with Gasteiger partial charge in [-0.3, -0.25) is 9.59 Å². The second kappa shape index (κ2) is 14.9. The number of hydrogen-bond acceptors (Lipinski definition) is 6. The molecule has 1 amide bonds. The Bertz CT molecular complexity index is 1580. The Morgan fingerprint density at radius 3 is 2.35 bits per heavy atom. The molecule has 0 saturated heterocycles. The molecule has 0 fully saturated rings. The Kier molecular flexibility index (Phi) is 10.7. The number of rotatable bonds is 13. The first-order valence-corrected chi connectivity index (χ1v) is 14.3. The summed E-state index contributed by atoms with van der Waals surface area (Å²) in [4.78, 5) is 27.6. The molecule has 8 nitrogen and oxygen atoms in total. The molecular weight excluding hydrogens is 566 g/mol. The molecule has 2 atom stereocenters. The molecular formula is C34H32ClN3O5. The van der Waals surface area contributed by atoms with E-state index in [4.69, 9.17) is 26.2 Å². The van der Waals surface area contributed by atoms with Gasteiger partial charge in [-0.05, 0) is 66.1 Å². The summed E-state index contributed by atoms with van der Waals surface area (Å²) >= 11 is 6.22. The number of carbonyl (C=O) groups is 2. The highest BCUT2D eigenvalue weighted by Gasteiger charge is 2.27. The van der Waals surface area contributed by atoms with Crippen molar-refractivity contribution in [1.82, 2.24) is 10.3 Å². The topological polar surface area (TPSA) is 122 Å². The summed E-state index contributed by atoms with van der Waals surface area (Å²) in [6.07, 6.45) is 2.78. The highest BCUT2D eigenvalue weighted by atomic mass is 35.5. The van der Waals surface area contributed by atoms with E-state index in [9.17, 15) is 14.9 Å². The van der Waals surface area contributed by atoms with E-state index < -0.39 is 12.1 Å². The smallest absolute Gasteiger partial charge is 0.305 e. The normalized spacial score (nSPS) is 12.0. The van der Waals surface area contributed by atoms with E-state index in [1.54, 1.807) is 43.6 Å². The lowest BCUT2D eigenvalue weighted by Crippen LogP contribution is -2.26. The zero-order valence-electron chi connectivity index (χ0n) is 23.9. The van der Waals surface area contributed by atoms with Gasteiger partial charge in [-0.1, -0.05) is 49.2 Å². The molecule has 43 heavy (non-hydrogen) atoms. The quantitative estimate of drug-likeness (QED) is 0.167. The molecule has 0 aliphatic heterocycles. The van der Waals surface area contributed by atoms with E-state index in [-0.39, 0.29) is 24.8 Å². The molecule has 0 bridgehead atoms. The molecule has 220 valence electrons. The summed E-state index contributed by atoms with van der Waals surface area (Å²) in [5, 5.41) is 21.9. The summed E-state index contributed by atoms with van der Waals surface area (Å²) < 4.78 is 11.9. The van der Waals surface area contributed by atoms with Crippen LogP contribution >= 0.6 is 11.6 Å². The van der Waals surface area contributed by atoms with E-state index in [0.717, 1.165) is 29.5 Å². The summed E-state index contributed by atoms with van der Waals surface area (Å²) in [5.74, 6) is -0.328. The third-order valence-electron chi connectivity index (χ3n) is 7.02. The van der Waals surface area contributed by atoms with Crippen LogP contribution in [-0.4, -0.2) is 35.6 Å². The molecule has 9 heteroatoms. The van der Waals surface area contributed by atoms with Crippen molar-refractivity contribution in [3.63, 3.8) is 0 Å². The number of aromatic nitrogens is 1. The predicted molar refractivity (Wildman–Crippen MR) is 164 cm³/mol. The van der Waals surface area contributed by atoms with Crippen LogP contribution in [0.25, 0.3) is 11.1 Å². The minimum Gasteiger partial charge on any atom is -0.485 e. The van der Waals surface area contributed by atoms with Crippen molar-refractivity contribution >= 4 is 23.5 Å². The summed E-state index contributed by atoms with van der Waals surface area (Å²) in [6.45, 7) is 2.16. The fourth-order valence-corrected chi connectivity index (χ4v) is 4.97. The molecule has 0 spiro atoms. The Morgan fingerprint density at radius 2 is 1.74 bits per heavy atom. The number of nitrogens with one attached hydrogen (secondary N) is 1. The average Bonchev–Trinajstić information content (AvgIpc) is 3.03. The Balaban J connectivity index is 1.68. The second-order valence-electron chi connectivity index (χ2n) is 9.92. The molecule has 4 rings (SSSR count). The van der Waals surface area contributed by atoms with Crippen LogP contribution < -0.4 is 14.8 Å². The molecule has 2 N–H and O–H groups in total. The van der Waals surface area contributed by atoms with Gasteiger partial charge >= 0.3 is 5.97 Å². The first-order chi connectivity index (χ1) is 20.8. The first-order valence-electron chi connectivity index (χ1n) is 13.9. The van der Waals surface area contributed by atoms with E-state index in [1.807, 2.05) is 48.5 Å². The van der Waals surface area contributed by atoms with Crippen molar-refractivity contribution in [3.8, 4) is 28.8 Å². The van der Waals surface area contributed by atoms with Crippen molar-refractivity contribution < 1.29 is 24.2 Å². The molecule has 0 saturated carbocycles. The Morgan fingerprint density at radius 1 is 1.02 bits per heavy atom. The number of amides is 1. The maximum Gasteiger partial charge on any atom is 0.305 e.